The van der Waals surface area contributed by atoms with E-state index in [2.05, 4.69) is 38.5 Å². The van der Waals surface area contributed by atoms with Crippen LogP contribution in [0.5, 0.6) is 0 Å². The van der Waals surface area contributed by atoms with Crippen LogP contribution in [0, 0.1) is 40.2 Å². The Morgan fingerprint density at radius 3 is 1.22 bits per heavy atom. The van der Waals surface area contributed by atoms with Crippen LogP contribution in [-0.2, 0) is 38.3 Å². The predicted molar refractivity (Wildman–Crippen MR) is 125 cm³/mol. The van der Waals surface area contributed by atoms with Crippen LogP contribution in [0.4, 0.5) is 0 Å². The van der Waals surface area contributed by atoms with Gasteiger partial charge in [0.05, 0.1) is 24.9 Å². The Labute approximate surface area is 192 Å². The molecule has 32 heavy (non-hydrogen) atoms. The summed E-state index contributed by atoms with van der Waals surface area (Å²) in [5.74, 6) is 0.0417. The summed E-state index contributed by atoms with van der Waals surface area (Å²) in [5.41, 5.74) is 4.60. The van der Waals surface area contributed by atoms with Crippen molar-refractivity contribution < 1.29 is 24.2 Å². The van der Waals surface area contributed by atoms with Crippen molar-refractivity contribution in [3.05, 3.63) is 34.9 Å². The van der Waals surface area contributed by atoms with E-state index in [-0.39, 0.29) is 23.8 Å². The number of Topliss-reactive ketones (excluding diaryl/α,β-unsaturated/α-hetero) is 3. The van der Waals surface area contributed by atoms with Crippen molar-refractivity contribution in [2.24, 2.45) is 14.1 Å². The molecule has 0 saturated heterocycles. The largest absolute Gasteiger partial charge is 0.300 e. The van der Waals surface area contributed by atoms with Crippen molar-refractivity contribution in [2.75, 3.05) is 7.11 Å². The molecule has 180 valence electrons. The quantitative estimate of drug-likeness (QED) is 0.305. The minimum Gasteiger partial charge on any atom is -0.300 e. The van der Waals surface area contributed by atoms with Crippen LogP contribution in [0.1, 0.15) is 56.9 Å². The van der Waals surface area contributed by atoms with Crippen LogP contribution in [0.2, 0.25) is 0 Å². The van der Waals surface area contributed by atoms with E-state index in [0.717, 1.165) is 11.4 Å². The molecule has 0 unspecified atom stereocenters. The van der Waals surface area contributed by atoms with Gasteiger partial charge in [0.2, 0.25) is 0 Å². The summed E-state index contributed by atoms with van der Waals surface area (Å²) in [6.45, 7) is 13.9. The van der Waals surface area contributed by atoms with Gasteiger partial charge in [0.1, 0.15) is 17.3 Å². The zero-order valence-electron chi connectivity index (χ0n) is 21.3. The third kappa shape index (κ3) is 24.8. The second-order valence-corrected chi connectivity index (χ2v) is 6.96. The molecule has 2 rings (SSSR count). The van der Waals surface area contributed by atoms with Crippen LogP contribution in [0.25, 0.3) is 0 Å². The molecule has 2 heterocycles. The Bertz CT molecular complexity index is 761. The summed E-state index contributed by atoms with van der Waals surface area (Å²) in [4.78, 5) is 37.3. The van der Waals surface area contributed by atoms with Crippen LogP contribution >= 0.6 is 0 Å². The van der Waals surface area contributed by atoms with Gasteiger partial charge < -0.3 is 4.79 Å². The minimum absolute atomic E-state index is 0.0625. The highest BCUT2D eigenvalue weighted by Crippen LogP contribution is 1.97. The maximum Gasteiger partial charge on any atom is 0.153 e. The van der Waals surface area contributed by atoms with E-state index in [4.69, 9.17) is 0 Å². The second-order valence-electron chi connectivity index (χ2n) is 6.96. The van der Waals surface area contributed by atoms with Gasteiger partial charge >= 0.3 is 0 Å². The molecule has 0 saturated carbocycles. The lowest BCUT2D eigenvalue weighted by Crippen LogP contribution is -1.97. The number of aryl methyl sites for hydroxylation is 6. The van der Waals surface area contributed by atoms with Gasteiger partial charge in [0.15, 0.2) is 6.11 Å². The lowest BCUT2D eigenvalue weighted by molar-refractivity contribution is -0.209. The number of aromatic nitrogens is 4. The molecule has 2 aromatic heterocycles. The molecular formula is C23H38N4O5. The topological polar surface area (TPSA) is 105 Å². The zero-order valence-corrected chi connectivity index (χ0v) is 21.3. The standard InChI is InChI=1S/2C6H10N2.C5H8O2.C3H4O2.C3H6O/c2*1-5-4-6(2)8(3)7-5;1-4(6)3-5(2)7;1-3-5-4-2;1-3(2)4/h2*4H,1-3H3;3H2,1-2H3;1H,2H3;1-2H3. The maximum absolute atomic E-state index is 10.0. The van der Waals surface area contributed by atoms with E-state index in [1.165, 1.54) is 46.2 Å². The van der Waals surface area contributed by atoms with E-state index in [0.29, 0.717) is 0 Å². The van der Waals surface area contributed by atoms with E-state index >= 15 is 0 Å². The molecule has 9 heteroatoms. The van der Waals surface area contributed by atoms with E-state index in [9.17, 15) is 14.4 Å². The van der Waals surface area contributed by atoms with Gasteiger partial charge in [0.25, 0.3) is 0 Å². The van der Waals surface area contributed by atoms with E-state index < -0.39 is 0 Å². The molecule has 0 aromatic carbocycles. The average molecular weight is 451 g/mol. The van der Waals surface area contributed by atoms with Crippen molar-refractivity contribution in [1.29, 1.82) is 0 Å². The maximum atomic E-state index is 10.0. The molecule has 0 aliphatic heterocycles. The lowest BCUT2D eigenvalue weighted by Gasteiger charge is -1.87. The van der Waals surface area contributed by atoms with Gasteiger partial charge in [-0.05, 0) is 67.5 Å². The molecule has 0 aliphatic carbocycles. The van der Waals surface area contributed by atoms with Crippen LogP contribution in [-0.4, -0.2) is 44.0 Å². The molecule has 0 N–H and O–H groups in total. The summed E-state index contributed by atoms with van der Waals surface area (Å²) in [5, 5.41) is 8.25. The SMILES string of the molecule is C#COOC.CC(=O)CC(C)=O.CC(C)=O.Cc1cc(C)n(C)n1.Cc1cc(C)n(C)n1. The first-order chi connectivity index (χ1) is 14.7. The number of ketones is 3. The van der Waals surface area contributed by atoms with Crippen molar-refractivity contribution in [3.8, 4) is 12.5 Å². The van der Waals surface area contributed by atoms with Gasteiger partial charge in [0, 0.05) is 25.5 Å². The zero-order chi connectivity index (χ0) is 25.9. The number of hydrogen-bond donors (Lipinski definition) is 0. The fourth-order valence-electron chi connectivity index (χ4n) is 1.88. The summed E-state index contributed by atoms with van der Waals surface area (Å²) in [6, 6.07) is 4.11. The molecule has 0 atom stereocenters. The van der Waals surface area contributed by atoms with Crippen molar-refractivity contribution in [1.82, 2.24) is 19.6 Å². The second kappa shape index (κ2) is 19.7. The lowest BCUT2D eigenvalue weighted by atomic mass is 10.2. The summed E-state index contributed by atoms with van der Waals surface area (Å²) in [6.07, 6.45) is 6.42. The molecule has 0 amide bonds. The Kier molecular flexibility index (Phi) is 20.6. The molecule has 2 aromatic rings. The molecule has 0 radical (unpaired) electrons. The first-order valence-corrected chi connectivity index (χ1v) is 9.73. The number of carbonyl (C=O) groups excluding carboxylic acids is 3. The molecule has 0 bridgehead atoms. The Hall–Kier alpha value is -3.25. The fraction of sp³-hybridized carbons (Fsp3) is 0.522. The Morgan fingerprint density at radius 1 is 0.875 bits per heavy atom. The molecule has 0 aliphatic rings. The molecule has 0 fully saturated rings. The molecule has 0 spiro atoms. The third-order valence-electron chi connectivity index (χ3n) is 3.10. The fourth-order valence-corrected chi connectivity index (χ4v) is 1.88. The normalized spacial score (nSPS) is 8.44. The monoisotopic (exact) mass is 450 g/mol. The third-order valence-corrected chi connectivity index (χ3v) is 3.10. The van der Waals surface area contributed by atoms with Gasteiger partial charge in [-0.15, -0.1) is 0 Å². The van der Waals surface area contributed by atoms with Crippen LogP contribution in [0.15, 0.2) is 12.1 Å². The smallest absolute Gasteiger partial charge is 0.153 e. The highest BCUT2D eigenvalue weighted by atomic mass is 17.2. The Balaban J connectivity index is -0.000000337. The predicted octanol–water partition coefficient (Wildman–Crippen LogP) is 3.38. The number of rotatable bonds is 3. The average Bonchev–Trinajstić information content (AvgIpc) is 3.06. The summed E-state index contributed by atoms with van der Waals surface area (Å²) in [7, 11) is 5.24. The van der Waals surface area contributed by atoms with Gasteiger partial charge in [-0.1, -0.05) is 6.42 Å². The van der Waals surface area contributed by atoms with Crippen LogP contribution in [0.3, 0.4) is 0 Å². The number of nitrogens with zero attached hydrogens (tertiary/aromatic N) is 4. The summed E-state index contributed by atoms with van der Waals surface area (Å²) >= 11 is 0. The first-order valence-electron chi connectivity index (χ1n) is 9.73. The molecular weight excluding hydrogens is 412 g/mol. The van der Waals surface area contributed by atoms with Gasteiger partial charge in [-0.25, -0.2) is 0 Å². The minimum atomic E-state index is -0.0625. The Morgan fingerprint density at radius 2 is 1.19 bits per heavy atom. The highest BCUT2D eigenvalue weighted by Gasteiger charge is 1.95. The number of hydrogen-bond acceptors (Lipinski definition) is 7. The molecule has 9 nitrogen and oxygen atoms in total. The van der Waals surface area contributed by atoms with Crippen molar-refractivity contribution in [2.45, 2.75) is 61.8 Å². The van der Waals surface area contributed by atoms with E-state index in [1.54, 1.807) is 6.11 Å². The van der Waals surface area contributed by atoms with Crippen molar-refractivity contribution in [3.63, 3.8) is 0 Å². The highest BCUT2D eigenvalue weighted by molar-refractivity contribution is 5.96. The number of terminal acetylenes is 1. The number of carbonyl (C=O) groups is 3. The first kappa shape index (κ1) is 33.4. The van der Waals surface area contributed by atoms with E-state index in [1.807, 2.05) is 51.2 Å². The summed E-state index contributed by atoms with van der Waals surface area (Å²) < 4.78 is 3.74. The van der Waals surface area contributed by atoms with Crippen molar-refractivity contribution >= 4 is 17.3 Å². The van der Waals surface area contributed by atoms with Gasteiger partial charge in [-0.2, -0.15) is 15.1 Å². The van der Waals surface area contributed by atoms with Crippen LogP contribution < -0.4 is 0 Å². The van der Waals surface area contributed by atoms with Gasteiger partial charge in [-0.3, -0.25) is 23.8 Å².